The molecule has 0 atom stereocenters. The van der Waals surface area contributed by atoms with Gasteiger partial charge in [0.25, 0.3) is 5.91 Å². The number of hydrogen-bond donors (Lipinski definition) is 2. The van der Waals surface area contributed by atoms with Crippen molar-refractivity contribution in [3.05, 3.63) is 48.0 Å². The highest BCUT2D eigenvalue weighted by molar-refractivity contribution is 7.89. The molecule has 0 bridgehead atoms. The summed E-state index contributed by atoms with van der Waals surface area (Å²) in [6.07, 6.45) is 0. The van der Waals surface area contributed by atoms with E-state index in [4.69, 9.17) is 14.6 Å². The third kappa shape index (κ3) is 3.99. The van der Waals surface area contributed by atoms with Gasteiger partial charge in [-0.15, -0.1) is 0 Å². The Labute approximate surface area is 134 Å². The first-order valence-electron chi connectivity index (χ1n) is 6.51. The number of rotatable bonds is 5. The minimum Gasteiger partial charge on any atom is -0.497 e. The molecule has 0 unspecified atom stereocenters. The molecule has 0 saturated carbocycles. The molecule has 0 saturated heterocycles. The minimum atomic E-state index is -4.01. The van der Waals surface area contributed by atoms with Gasteiger partial charge < -0.3 is 14.8 Å². The van der Waals surface area contributed by atoms with E-state index in [-0.39, 0.29) is 16.2 Å². The second-order valence-corrected chi connectivity index (χ2v) is 6.13. The zero-order chi connectivity index (χ0) is 17.0. The van der Waals surface area contributed by atoms with Crippen molar-refractivity contribution in [3.63, 3.8) is 0 Å². The number of anilines is 1. The zero-order valence-electron chi connectivity index (χ0n) is 12.6. The van der Waals surface area contributed by atoms with Crippen LogP contribution in [0.3, 0.4) is 0 Å². The van der Waals surface area contributed by atoms with Crippen LogP contribution in [0.15, 0.2) is 47.4 Å². The fraction of sp³-hybridized carbons (Fsp3) is 0.133. The van der Waals surface area contributed by atoms with E-state index >= 15 is 0 Å². The van der Waals surface area contributed by atoms with Crippen LogP contribution in [0, 0.1) is 0 Å². The normalized spacial score (nSPS) is 10.9. The van der Waals surface area contributed by atoms with E-state index in [1.165, 1.54) is 32.4 Å². The molecule has 0 fully saturated rings. The average Bonchev–Trinajstić information content (AvgIpc) is 2.53. The minimum absolute atomic E-state index is 0.0745. The molecule has 2 aromatic carbocycles. The van der Waals surface area contributed by atoms with Gasteiger partial charge in [-0.25, -0.2) is 13.6 Å². The highest BCUT2D eigenvalue weighted by atomic mass is 32.2. The molecule has 0 aliphatic carbocycles. The van der Waals surface area contributed by atoms with E-state index in [1.807, 2.05) is 0 Å². The van der Waals surface area contributed by atoms with E-state index in [1.54, 1.807) is 24.3 Å². The van der Waals surface area contributed by atoms with Crippen molar-refractivity contribution in [2.45, 2.75) is 4.90 Å². The van der Waals surface area contributed by atoms with Gasteiger partial charge >= 0.3 is 0 Å². The maximum Gasteiger partial charge on any atom is 0.255 e. The van der Waals surface area contributed by atoms with Crippen molar-refractivity contribution in [2.24, 2.45) is 5.14 Å². The molecule has 0 heterocycles. The molecule has 0 radical (unpaired) electrons. The highest BCUT2D eigenvalue weighted by Gasteiger charge is 2.18. The van der Waals surface area contributed by atoms with Gasteiger partial charge in [-0.3, -0.25) is 4.79 Å². The molecule has 0 aliphatic heterocycles. The molecule has 0 spiro atoms. The summed E-state index contributed by atoms with van der Waals surface area (Å²) in [6, 6.07) is 10.8. The predicted octanol–water partition coefficient (Wildman–Crippen LogP) is 1.60. The number of ether oxygens (including phenoxy) is 2. The number of nitrogens with one attached hydrogen (secondary N) is 1. The number of nitrogens with two attached hydrogens (primary N) is 1. The standard InChI is InChI=1S/C15H16N2O5S/c1-21-12-5-3-4-11(9-12)17-15(18)10-6-7-13(22-2)14(8-10)23(16,19)20/h3-9H,1-2H3,(H,17,18)(H2,16,19,20). The number of carbonyl (C=O) groups is 1. The summed E-state index contributed by atoms with van der Waals surface area (Å²) in [7, 11) is -1.17. The van der Waals surface area contributed by atoms with Gasteiger partial charge in [0, 0.05) is 17.3 Å². The smallest absolute Gasteiger partial charge is 0.255 e. The highest BCUT2D eigenvalue weighted by Crippen LogP contribution is 2.24. The largest absolute Gasteiger partial charge is 0.497 e. The summed E-state index contributed by atoms with van der Waals surface area (Å²) in [6.45, 7) is 0. The van der Waals surface area contributed by atoms with Crippen molar-refractivity contribution in [1.29, 1.82) is 0 Å². The molecule has 122 valence electrons. The number of sulfonamides is 1. The van der Waals surface area contributed by atoms with Gasteiger partial charge in [-0.1, -0.05) is 6.07 Å². The van der Waals surface area contributed by atoms with Gasteiger partial charge in [-0.05, 0) is 30.3 Å². The molecule has 0 aromatic heterocycles. The van der Waals surface area contributed by atoms with Crippen LogP contribution in [0.1, 0.15) is 10.4 Å². The maximum absolute atomic E-state index is 12.3. The molecule has 2 rings (SSSR count). The predicted molar refractivity (Wildman–Crippen MR) is 85.3 cm³/mol. The van der Waals surface area contributed by atoms with Gasteiger partial charge in [0.05, 0.1) is 14.2 Å². The van der Waals surface area contributed by atoms with Crippen molar-refractivity contribution in [3.8, 4) is 11.5 Å². The quantitative estimate of drug-likeness (QED) is 0.862. The fourth-order valence-corrected chi connectivity index (χ4v) is 2.67. The molecule has 7 nitrogen and oxygen atoms in total. The first-order valence-corrected chi connectivity index (χ1v) is 8.06. The summed E-state index contributed by atoms with van der Waals surface area (Å²) < 4.78 is 33.2. The van der Waals surface area contributed by atoms with Crippen LogP contribution < -0.4 is 19.9 Å². The first kappa shape index (κ1) is 16.8. The van der Waals surface area contributed by atoms with Gasteiger partial charge in [-0.2, -0.15) is 0 Å². The number of amides is 1. The SMILES string of the molecule is COc1cccc(NC(=O)c2ccc(OC)c(S(N)(=O)=O)c2)c1. The van der Waals surface area contributed by atoms with Crippen LogP contribution in [-0.4, -0.2) is 28.5 Å². The Morgan fingerprint density at radius 2 is 1.83 bits per heavy atom. The third-order valence-corrected chi connectivity index (χ3v) is 3.99. The first-order chi connectivity index (χ1) is 10.8. The van der Waals surface area contributed by atoms with Crippen molar-refractivity contribution in [2.75, 3.05) is 19.5 Å². The van der Waals surface area contributed by atoms with Gasteiger partial charge in [0.15, 0.2) is 0 Å². The Hall–Kier alpha value is -2.58. The second-order valence-electron chi connectivity index (χ2n) is 4.60. The number of hydrogen-bond acceptors (Lipinski definition) is 5. The topological polar surface area (TPSA) is 108 Å². The van der Waals surface area contributed by atoms with Crippen LogP contribution in [-0.2, 0) is 10.0 Å². The Kier molecular flexibility index (Phi) is 4.87. The summed E-state index contributed by atoms with van der Waals surface area (Å²) >= 11 is 0. The van der Waals surface area contributed by atoms with E-state index in [2.05, 4.69) is 5.32 Å². The Morgan fingerprint density at radius 3 is 2.43 bits per heavy atom. The van der Waals surface area contributed by atoms with Crippen LogP contribution in [0.25, 0.3) is 0 Å². The van der Waals surface area contributed by atoms with Crippen LogP contribution >= 0.6 is 0 Å². The van der Waals surface area contributed by atoms with Crippen molar-refractivity contribution in [1.82, 2.24) is 0 Å². The Morgan fingerprint density at radius 1 is 1.09 bits per heavy atom. The van der Waals surface area contributed by atoms with E-state index in [0.717, 1.165) is 0 Å². The van der Waals surface area contributed by atoms with Crippen molar-refractivity contribution >= 4 is 21.6 Å². The Bertz CT molecular complexity index is 834. The molecule has 3 N–H and O–H groups in total. The van der Waals surface area contributed by atoms with Crippen LogP contribution in [0.4, 0.5) is 5.69 Å². The van der Waals surface area contributed by atoms with Gasteiger partial charge in [0.2, 0.25) is 10.0 Å². The maximum atomic E-state index is 12.3. The lowest BCUT2D eigenvalue weighted by atomic mass is 10.2. The third-order valence-electron chi connectivity index (χ3n) is 3.06. The molecule has 2 aromatic rings. The summed E-state index contributed by atoms with van der Waals surface area (Å²) in [5, 5.41) is 7.79. The number of methoxy groups -OCH3 is 2. The van der Waals surface area contributed by atoms with Crippen molar-refractivity contribution < 1.29 is 22.7 Å². The van der Waals surface area contributed by atoms with Crippen LogP contribution in [0.5, 0.6) is 11.5 Å². The second kappa shape index (κ2) is 6.67. The number of benzene rings is 2. The lowest BCUT2D eigenvalue weighted by Gasteiger charge is -2.10. The zero-order valence-corrected chi connectivity index (χ0v) is 13.4. The van der Waals surface area contributed by atoms with E-state index in [9.17, 15) is 13.2 Å². The lowest BCUT2D eigenvalue weighted by Crippen LogP contribution is -2.16. The summed E-state index contributed by atoms with van der Waals surface area (Å²) in [5.41, 5.74) is 0.653. The number of carbonyl (C=O) groups excluding carboxylic acids is 1. The molecular formula is C15H16N2O5S. The lowest BCUT2D eigenvalue weighted by molar-refractivity contribution is 0.102. The van der Waals surface area contributed by atoms with Gasteiger partial charge in [0.1, 0.15) is 16.4 Å². The number of primary sulfonamides is 1. The van der Waals surface area contributed by atoms with E-state index < -0.39 is 15.9 Å². The molecule has 23 heavy (non-hydrogen) atoms. The molecule has 0 aliphatic rings. The van der Waals surface area contributed by atoms with Crippen LogP contribution in [0.2, 0.25) is 0 Å². The fourth-order valence-electron chi connectivity index (χ4n) is 1.94. The summed E-state index contributed by atoms with van der Waals surface area (Å²) in [5.74, 6) is 0.180. The molecular weight excluding hydrogens is 320 g/mol. The molecule has 1 amide bonds. The monoisotopic (exact) mass is 336 g/mol. The average molecular weight is 336 g/mol. The molecule has 8 heteroatoms. The van der Waals surface area contributed by atoms with E-state index in [0.29, 0.717) is 11.4 Å². The Balaban J connectivity index is 2.32. The summed E-state index contributed by atoms with van der Waals surface area (Å²) in [4.78, 5) is 12.0.